The fraction of sp³-hybridized carbons (Fsp3) is 0.435. The number of nitrogens with zero attached hydrogens (tertiary/aromatic N) is 1. The van der Waals surface area contributed by atoms with Crippen LogP contribution >= 0.6 is 38.9 Å². The van der Waals surface area contributed by atoms with Gasteiger partial charge in [-0.3, -0.25) is 10.1 Å². The second-order valence-corrected chi connectivity index (χ2v) is 11.6. The van der Waals surface area contributed by atoms with Crippen molar-refractivity contribution in [3.05, 3.63) is 55.4 Å². The molecule has 0 spiro atoms. The Morgan fingerprint density at radius 2 is 1.83 bits per heavy atom. The molecule has 4 atom stereocenters. The molecule has 36 heavy (non-hydrogen) atoms. The standard InChI is InChI=1S/C21H21BrClFN2O2S.C2HF3O2/c1-20(2,3)8-16-21(10-25,13-5-4-12(23)7-14(13)24)17(18(26-16)19(27)28)15-6-11(22)9-29-15;3-2(4,5)1(6)7/h4-7,9,16-18,26H,8H2,1-3H3,(H,27,28);(H,6,7)/t16-,17-,18+,21-;/m0./s1. The van der Waals surface area contributed by atoms with Gasteiger partial charge in [-0.25, -0.2) is 9.18 Å². The zero-order valence-corrected chi connectivity index (χ0v) is 22.3. The molecule has 13 heteroatoms. The molecule has 1 aromatic carbocycles. The number of hydrogen-bond acceptors (Lipinski definition) is 5. The van der Waals surface area contributed by atoms with Crippen molar-refractivity contribution in [3.8, 4) is 6.07 Å². The summed E-state index contributed by atoms with van der Waals surface area (Å²) in [6.07, 6.45) is -4.59. The predicted octanol–water partition coefficient (Wildman–Crippen LogP) is 6.34. The van der Waals surface area contributed by atoms with Crippen molar-refractivity contribution < 1.29 is 37.4 Å². The van der Waals surface area contributed by atoms with Gasteiger partial charge in [0.2, 0.25) is 0 Å². The summed E-state index contributed by atoms with van der Waals surface area (Å²) in [5.41, 5.74) is -1.45. The molecule has 6 nitrogen and oxygen atoms in total. The van der Waals surface area contributed by atoms with Gasteiger partial charge in [-0.2, -0.15) is 18.4 Å². The van der Waals surface area contributed by atoms with E-state index in [0.717, 1.165) is 4.47 Å². The second kappa shape index (κ2) is 11.0. The zero-order valence-electron chi connectivity index (χ0n) is 19.2. The monoisotopic (exact) mass is 612 g/mol. The number of aliphatic carboxylic acids is 2. The Morgan fingerprint density at radius 1 is 1.25 bits per heavy atom. The molecular weight excluding hydrogens is 592 g/mol. The minimum Gasteiger partial charge on any atom is -0.480 e. The van der Waals surface area contributed by atoms with E-state index in [2.05, 4.69) is 27.3 Å². The van der Waals surface area contributed by atoms with Crippen LogP contribution in [0.5, 0.6) is 0 Å². The average molecular weight is 614 g/mol. The molecule has 1 fully saturated rings. The molecule has 196 valence electrons. The van der Waals surface area contributed by atoms with Gasteiger partial charge < -0.3 is 10.2 Å². The summed E-state index contributed by atoms with van der Waals surface area (Å²) < 4.78 is 47.7. The topological polar surface area (TPSA) is 110 Å². The minimum atomic E-state index is -5.08. The summed E-state index contributed by atoms with van der Waals surface area (Å²) in [5, 5.41) is 32.8. The van der Waals surface area contributed by atoms with Crippen LogP contribution in [0.4, 0.5) is 17.6 Å². The largest absolute Gasteiger partial charge is 0.490 e. The molecule has 0 unspecified atom stereocenters. The van der Waals surface area contributed by atoms with E-state index in [0.29, 0.717) is 11.3 Å². The third-order valence-electron chi connectivity index (χ3n) is 5.54. The molecule has 3 rings (SSSR count). The summed E-state index contributed by atoms with van der Waals surface area (Å²) in [6, 6.07) is 6.81. The quantitative estimate of drug-likeness (QED) is 0.347. The highest BCUT2D eigenvalue weighted by molar-refractivity contribution is 9.10. The number of carboxylic acids is 2. The first-order valence-electron chi connectivity index (χ1n) is 10.3. The first-order chi connectivity index (χ1) is 16.4. The molecule has 2 aromatic rings. The van der Waals surface area contributed by atoms with Crippen LogP contribution in [0.1, 0.15) is 43.6 Å². The van der Waals surface area contributed by atoms with Crippen molar-refractivity contribution in [3.63, 3.8) is 0 Å². The first-order valence-corrected chi connectivity index (χ1v) is 12.4. The molecule has 1 aliphatic heterocycles. The summed E-state index contributed by atoms with van der Waals surface area (Å²) in [6.45, 7) is 6.04. The van der Waals surface area contributed by atoms with Gasteiger partial charge in [0.15, 0.2) is 0 Å². The number of alkyl halides is 3. The van der Waals surface area contributed by atoms with E-state index < -0.39 is 47.3 Å². The van der Waals surface area contributed by atoms with Crippen LogP contribution in [0.3, 0.4) is 0 Å². The van der Waals surface area contributed by atoms with Crippen molar-refractivity contribution in [1.29, 1.82) is 5.26 Å². The van der Waals surface area contributed by atoms with E-state index in [1.807, 2.05) is 32.2 Å². The van der Waals surface area contributed by atoms with Crippen LogP contribution in [-0.4, -0.2) is 40.4 Å². The maximum atomic E-state index is 15.1. The van der Waals surface area contributed by atoms with Gasteiger partial charge in [0.05, 0.1) is 6.07 Å². The van der Waals surface area contributed by atoms with Gasteiger partial charge in [0, 0.05) is 37.3 Å². The molecule has 1 aliphatic rings. The average Bonchev–Trinajstić information content (AvgIpc) is 3.28. The number of carbonyl (C=O) groups is 2. The van der Waals surface area contributed by atoms with Crippen LogP contribution in [0.25, 0.3) is 0 Å². The van der Waals surface area contributed by atoms with Gasteiger partial charge >= 0.3 is 18.1 Å². The van der Waals surface area contributed by atoms with Crippen LogP contribution < -0.4 is 5.32 Å². The van der Waals surface area contributed by atoms with Crippen LogP contribution in [-0.2, 0) is 15.0 Å². The van der Waals surface area contributed by atoms with Crippen LogP contribution in [0.15, 0.2) is 34.1 Å². The molecule has 1 aromatic heterocycles. The molecule has 0 radical (unpaired) electrons. The third-order valence-corrected chi connectivity index (χ3v) is 7.55. The van der Waals surface area contributed by atoms with E-state index in [9.17, 15) is 28.3 Å². The highest BCUT2D eigenvalue weighted by Crippen LogP contribution is 2.53. The Kier molecular flexibility index (Phi) is 9.21. The van der Waals surface area contributed by atoms with E-state index in [1.165, 1.54) is 23.5 Å². The molecular formula is C23H22BrClF4N2O4S. The maximum absolute atomic E-state index is 15.1. The van der Waals surface area contributed by atoms with E-state index in [1.54, 1.807) is 6.07 Å². The number of benzene rings is 1. The van der Waals surface area contributed by atoms with Gasteiger partial charge in [-0.05, 0) is 46.0 Å². The lowest BCUT2D eigenvalue weighted by Gasteiger charge is -2.36. The van der Waals surface area contributed by atoms with Crippen molar-refractivity contribution in [2.45, 2.75) is 56.8 Å². The fourth-order valence-corrected chi connectivity index (χ4v) is 6.06. The molecule has 3 N–H and O–H groups in total. The fourth-order valence-electron chi connectivity index (χ4n) is 4.24. The smallest absolute Gasteiger partial charge is 0.480 e. The predicted molar refractivity (Wildman–Crippen MR) is 130 cm³/mol. The Morgan fingerprint density at radius 3 is 2.22 bits per heavy atom. The highest BCUT2D eigenvalue weighted by Gasteiger charge is 2.61. The number of halogens is 6. The summed E-state index contributed by atoms with van der Waals surface area (Å²) in [5.74, 6) is -5.19. The number of nitrogens with one attached hydrogen (secondary N) is 1. The van der Waals surface area contributed by atoms with Crippen LogP contribution in [0.2, 0.25) is 5.02 Å². The van der Waals surface area contributed by atoms with E-state index in [4.69, 9.17) is 21.5 Å². The van der Waals surface area contributed by atoms with E-state index >= 15 is 4.39 Å². The number of rotatable bonds is 4. The van der Waals surface area contributed by atoms with Gasteiger partial charge in [0.1, 0.15) is 17.3 Å². The Labute approximate surface area is 222 Å². The van der Waals surface area contributed by atoms with Crippen molar-refractivity contribution >= 4 is 50.8 Å². The van der Waals surface area contributed by atoms with E-state index in [-0.39, 0.29) is 16.0 Å². The normalized spacial score (nSPS) is 23.9. The van der Waals surface area contributed by atoms with Crippen molar-refractivity contribution in [2.24, 2.45) is 5.41 Å². The number of hydrogen-bond donors (Lipinski definition) is 3. The van der Waals surface area contributed by atoms with Crippen molar-refractivity contribution in [1.82, 2.24) is 5.32 Å². The number of thiophene rings is 1. The second-order valence-electron chi connectivity index (χ2n) is 9.35. The number of nitriles is 1. The molecule has 0 aliphatic carbocycles. The molecule has 0 bridgehead atoms. The Balaban J connectivity index is 0.000000572. The highest BCUT2D eigenvalue weighted by atomic mass is 79.9. The van der Waals surface area contributed by atoms with Gasteiger partial charge in [-0.15, -0.1) is 11.3 Å². The molecule has 2 heterocycles. The summed E-state index contributed by atoms with van der Waals surface area (Å²) in [4.78, 5) is 21.8. The lowest BCUT2D eigenvalue weighted by atomic mass is 9.64. The van der Waals surface area contributed by atoms with Crippen LogP contribution in [0, 0.1) is 22.6 Å². The Bertz CT molecular complexity index is 1180. The minimum absolute atomic E-state index is 0.171. The van der Waals surface area contributed by atoms with Crippen molar-refractivity contribution in [2.75, 3.05) is 0 Å². The molecule has 1 saturated heterocycles. The lowest BCUT2D eigenvalue weighted by Crippen LogP contribution is -2.44. The maximum Gasteiger partial charge on any atom is 0.490 e. The SMILES string of the molecule is CC(C)(C)C[C@@H]1N[C@@H](C(=O)O)[C@H](c2cc(Br)cs2)[C@@]1(C#N)c1ccc(Cl)cc1F.O=C(O)C(F)(F)F. The molecule has 0 saturated carbocycles. The first kappa shape index (κ1) is 30.0. The third kappa shape index (κ3) is 6.56. The summed E-state index contributed by atoms with van der Waals surface area (Å²) >= 11 is 10.7. The van der Waals surface area contributed by atoms with Gasteiger partial charge in [-0.1, -0.05) is 38.4 Å². The number of carboxylic acid groups (broad SMARTS) is 2. The zero-order chi connectivity index (χ0) is 27.6. The van der Waals surface area contributed by atoms with Gasteiger partial charge in [0.25, 0.3) is 0 Å². The summed E-state index contributed by atoms with van der Waals surface area (Å²) in [7, 11) is 0. The lowest BCUT2D eigenvalue weighted by molar-refractivity contribution is -0.192. The Hall–Kier alpha value is -2.20. The molecule has 0 amide bonds.